The summed E-state index contributed by atoms with van der Waals surface area (Å²) in [5, 5.41) is 14.3. The van der Waals surface area contributed by atoms with Crippen molar-refractivity contribution in [2.45, 2.75) is 19.0 Å². The molecule has 0 radical (unpaired) electrons. The summed E-state index contributed by atoms with van der Waals surface area (Å²) in [6.07, 6.45) is 2.29. The summed E-state index contributed by atoms with van der Waals surface area (Å²) in [6, 6.07) is 6.20. The Morgan fingerprint density at radius 1 is 1.28 bits per heavy atom. The standard InChI is InChI=1S/C17H25N3O4S/c1-25-11-6-15(16(21)22)19-17(23)18-14-4-2-13(3-5-14)12-20-7-9-24-10-8-20/h2-5,15H,6-12H2,1H3,(H,21,22)(H2,18,19,23). The smallest absolute Gasteiger partial charge is 0.326 e. The minimum Gasteiger partial charge on any atom is -0.480 e. The Morgan fingerprint density at radius 2 is 1.96 bits per heavy atom. The second kappa shape index (κ2) is 10.3. The third kappa shape index (κ3) is 6.93. The number of amides is 2. The van der Waals surface area contributed by atoms with Crippen LogP contribution in [0.5, 0.6) is 0 Å². The molecule has 8 heteroatoms. The lowest BCUT2D eigenvalue weighted by Gasteiger charge is -2.26. The van der Waals surface area contributed by atoms with Crippen LogP contribution in [-0.4, -0.2) is 66.4 Å². The summed E-state index contributed by atoms with van der Waals surface area (Å²) in [5.41, 5.74) is 1.80. The van der Waals surface area contributed by atoms with Gasteiger partial charge in [0.1, 0.15) is 6.04 Å². The van der Waals surface area contributed by atoms with E-state index >= 15 is 0 Å². The first-order valence-corrected chi connectivity index (χ1v) is 9.66. The Bertz CT molecular complexity index is 562. The Balaban J connectivity index is 1.82. The number of carbonyl (C=O) groups excluding carboxylic acids is 1. The zero-order chi connectivity index (χ0) is 18.1. The molecule has 2 amide bonds. The first-order valence-electron chi connectivity index (χ1n) is 8.27. The molecule has 1 aliphatic rings. The van der Waals surface area contributed by atoms with Crippen molar-refractivity contribution in [3.05, 3.63) is 29.8 Å². The van der Waals surface area contributed by atoms with Gasteiger partial charge in [-0.3, -0.25) is 4.90 Å². The van der Waals surface area contributed by atoms with Crippen molar-refractivity contribution in [1.82, 2.24) is 10.2 Å². The van der Waals surface area contributed by atoms with Gasteiger partial charge in [0.15, 0.2) is 0 Å². The number of anilines is 1. The van der Waals surface area contributed by atoms with E-state index in [2.05, 4.69) is 15.5 Å². The van der Waals surface area contributed by atoms with Gasteiger partial charge in [0, 0.05) is 25.3 Å². The van der Waals surface area contributed by atoms with Crippen molar-refractivity contribution in [2.75, 3.05) is 43.6 Å². The molecule has 25 heavy (non-hydrogen) atoms. The molecule has 1 fully saturated rings. The van der Waals surface area contributed by atoms with E-state index in [4.69, 9.17) is 9.84 Å². The minimum atomic E-state index is -1.02. The van der Waals surface area contributed by atoms with Gasteiger partial charge in [0.2, 0.25) is 0 Å². The molecule has 1 aliphatic heterocycles. The molecule has 0 aromatic heterocycles. The van der Waals surface area contributed by atoms with Crippen LogP contribution < -0.4 is 10.6 Å². The lowest BCUT2D eigenvalue weighted by Crippen LogP contribution is -2.43. The van der Waals surface area contributed by atoms with Crippen molar-refractivity contribution in [1.29, 1.82) is 0 Å². The average molecular weight is 367 g/mol. The number of morpholine rings is 1. The molecule has 0 saturated carbocycles. The number of nitrogens with zero attached hydrogens (tertiary/aromatic N) is 1. The number of carboxylic acids is 1. The van der Waals surface area contributed by atoms with E-state index in [1.54, 1.807) is 11.8 Å². The molecule has 1 aromatic rings. The number of carboxylic acid groups (broad SMARTS) is 1. The molecule has 1 heterocycles. The van der Waals surface area contributed by atoms with Gasteiger partial charge in [-0.15, -0.1) is 0 Å². The average Bonchev–Trinajstić information content (AvgIpc) is 2.61. The van der Waals surface area contributed by atoms with E-state index in [0.717, 1.165) is 38.4 Å². The molecule has 0 spiro atoms. The number of rotatable bonds is 8. The van der Waals surface area contributed by atoms with Crippen LogP contribution in [0.2, 0.25) is 0 Å². The number of thioether (sulfide) groups is 1. The van der Waals surface area contributed by atoms with Gasteiger partial charge < -0.3 is 20.5 Å². The van der Waals surface area contributed by atoms with Crippen molar-refractivity contribution in [2.24, 2.45) is 0 Å². The Morgan fingerprint density at radius 3 is 2.56 bits per heavy atom. The number of aliphatic carboxylic acids is 1. The molecular formula is C17H25N3O4S. The highest BCUT2D eigenvalue weighted by Gasteiger charge is 2.19. The van der Waals surface area contributed by atoms with Crippen molar-refractivity contribution < 1.29 is 19.4 Å². The summed E-state index contributed by atoms with van der Waals surface area (Å²) in [7, 11) is 0. The first kappa shape index (κ1) is 19.6. The normalized spacial score (nSPS) is 16.2. The van der Waals surface area contributed by atoms with Gasteiger partial charge in [-0.2, -0.15) is 11.8 Å². The molecule has 1 saturated heterocycles. The lowest BCUT2D eigenvalue weighted by atomic mass is 10.2. The third-order valence-corrected chi connectivity index (χ3v) is 4.58. The molecule has 0 bridgehead atoms. The predicted octanol–water partition coefficient (Wildman–Crippen LogP) is 1.85. The Hall–Kier alpha value is -1.77. The fourth-order valence-electron chi connectivity index (χ4n) is 2.53. The number of hydrogen-bond acceptors (Lipinski definition) is 5. The summed E-state index contributed by atoms with van der Waals surface area (Å²) in [5.74, 6) is -0.349. The second-order valence-corrected chi connectivity index (χ2v) is 6.84. The van der Waals surface area contributed by atoms with Gasteiger partial charge in [-0.25, -0.2) is 9.59 Å². The maximum absolute atomic E-state index is 12.0. The van der Waals surface area contributed by atoms with Crippen molar-refractivity contribution >= 4 is 29.4 Å². The maximum Gasteiger partial charge on any atom is 0.326 e. The maximum atomic E-state index is 12.0. The fourth-order valence-corrected chi connectivity index (χ4v) is 3.00. The van der Waals surface area contributed by atoms with E-state index in [9.17, 15) is 9.59 Å². The van der Waals surface area contributed by atoms with Crippen molar-refractivity contribution in [3.8, 4) is 0 Å². The quantitative estimate of drug-likeness (QED) is 0.650. The SMILES string of the molecule is CSCCC(NC(=O)Nc1ccc(CN2CCOCC2)cc1)C(=O)O. The molecule has 0 aliphatic carbocycles. The number of benzene rings is 1. The van der Waals surface area contributed by atoms with E-state index in [0.29, 0.717) is 17.9 Å². The summed E-state index contributed by atoms with van der Waals surface area (Å²) < 4.78 is 5.33. The Labute approximate surface area is 152 Å². The molecule has 7 nitrogen and oxygen atoms in total. The zero-order valence-corrected chi connectivity index (χ0v) is 15.2. The van der Waals surface area contributed by atoms with Crippen LogP contribution in [0.15, 0.2) is 24.3 Å². The zero-order valence-electron chi connectivity index (χ0n) is 14.4. The number of urea groups is 1. The lowest BCUT2D eigenvalue weighted by molar-refractivity contribution is -0.139. The molecule has 1 atom stereocenters. The Kier molecular flexibility index (Phi) is 8.03. The predicted molar refractivity (Wildman–Crippen MR) is 99.1 cm³/mol. The number of nitrogens with one attached hydrogen (secondary N) is 2. The van der Waals surface area contributed by atoms with E-state index < -0.39 is 18.0 Å². The van der Waals surface area contributed by atoms with Crippen LogP contribution in [0.4, 0.5) is 10.5 Å². The van der Waals surface area contributed by atoms with Gasteiger partial charge in [-0.1, -0.05) is 12.1 Å². The third-order valence-electron chi connectivity index (χ3n) is 3.94. The number of hydrogen-bond donors (Lipinski definition) is 3. The van der Waals surface area contributed by atoms with Crippen LogP contribution in [0.1, 0.15) is 12.0 Å². The van der Waals surface area contributed by atoms with Crippen LogP contribution in [-0.2, 0) is 16.1 Å². The molecule has 2 rings (SSSR count). The molecular weight excluding hydrogens is 342 g/mol. The highest BCUT2D eigenvalue weighted by atomic mass is 32.2. The summed E-state index contributed by atoms with van der Waals surface area (Å²) in [6.45, 7) is 4.23. The first-order chi connectivity index (χ1) is 12.1. The van der Waals surface area contributed by atoms with Gasteiger partial charge in [0.05, 0.1) is 13.2 Å². The van der Waals surface area contributed by atoms with Crippen LogP contribution >= 0.6 is 11.8 Å². The molecule has 138 valence electrons. The number of carbonyl (C=O) groups is 2. The molecule has 1 aromatic carbocycles. The largest absolute Gasteiger partial charge is 0.480 e. The van der Waals surface area contributed by atoms with Crippen LogP contribution in [0.3, 0.4) is 0 Å². The monoisotopic (exact) mass is 367 g/mol. The molecule has 3 N–H and O–H groups in total. The fraction of sp³-hybridized carbons (Fsp3) is 0.529. The van der Waals surface area contributed by atoms with Gasteiger partial charge >= 0.3 is 12.0 Å². The molecule has 1 unspecified atom stereocenters. The van der Waals surface area contributed by atoms with Crippen molar-refractivity contribution in [3.63, 3.8) is 0 Å². The van der Waals surface area contributed by atoms with E-state index in [-0.39, 0.29) is 0 Å². The highest BCUT2D eigenvalue weighted by molar-refractivity contribution is 7.98. The van der Waals surface area contributed by atoms with E-state index in [1.807, 2.05) is 30.5 Å². The van der Waals surface area contributed by atoms with Crippen LogP contribution in [0, 0.1) is 0 Å². The van der Waals surface area contributed by atoms with Gasteiger partial charge in [0.25, 0.3) is 0 Å². The number of ether oxygens (including phenoxy) is 1. The van der Waals surface area contributed by atoms with Crippen LogP contribution in [0.25, 0.3) is 0 Å². The summed E-state index contributed by atoms with van der Waals surface area (Å²) in [4.78, 5) is 25.5. The topological polar surface area (TPSA) is 90.9 Å². The van der Waals surface area contributed by atoms with Gasteiger partial charge in [-0.05, 0) is 36.1 Å². The second-order valence-electron chi connectivity index (χ2n) is 5.86. The minimum absolute atomic E-state index is 0.391. The van der Waals surface area contributed by atoms with E-state index in [1.165, 1.54) is 0 Å². The highest BCUT2D eigenvalue weighted by Crippen LogP contribution is 2.12. The summed E-state index contributed by atoms with van der Waals surface area (Å²) >= 11 is 1.55.